The molecule has 0 aliphatic heterocycles. The summed E-state index contributed by atoms with van der Waals surface area (Å²) in [5, 5.41) is 2.95. The molecule has 0 aliphatic carbocycles. The smallest absolute Gasteiger partial charge is 0.255 e. The Labute approximate surface area is 171 Å². The Morgan fingerprint density at radius 3 is 2.34 bits per heavy atom. The van der Waals surface area contributed by atoms with Gasteiger partial charge in [-0.1, -0.05) is 36.4 Å². The summed E-state index contributed by atoms with van der Waals surface area (Å²) < 4.78 is 13.5. The number of benzene rings is 3. The van der Waals surface area contributed by atoms with Crippen molar-refractivity contribution in [1.82, 2.24) is 4.90 Å². The van der Waals surface area contributed by atoms with E-state index in [1.54, 1.807) is 6.07 Å². The molecule has 5 heteroatoms. The number of carbonyl (C=O) groups excluding carboxylic acids is 1. The van der Waals surface area contributed by atoms with Crippen molar-refractivity contribution in [3.63, 3.8) is 0 Å². The number of para-hydroxylation sites is 3. The van der Waals surface area contributed by atoms with Crippen molar-refractivity contribution in [2.24, 2.45) is 0 Å². The van der Waals surface area contributed by atoms with E-state index in [0.29, 0.717) is 11.3 Å². The Morgan fingerprint density at radius 2 is 1.62 bits per heavy atom. The average Bonchev–Trinajstić information content (AvgIpc) is 2.72. The van der Waals surface area contributed by atoms with Gasteiger partial charge in [-0.3, -0.25) is 4.79 Å². The van der Waals surface area contributed by atoms with Crippen molar-refractivity contribution < 1.29 is 9.18 Å². The Morgan fingerprint density at radius 1 is 0.897 bits per heavy atom. The Kier molecular flexibility index (Phi) is 6.98. The molecule has 1 amide bonds. The first-order valence-corrected chi connectivity index (χ1v) is 9.68. The lowest BCUT2D eigenvalue weighted by Crippen LogP contribution is -2.24. The summed E-state index contributed by atoms with van der Waals surface area (Å²) in [6.07, 6.45) is 0.966. The quantitative estimate of drug-likeness (QED) is 0.576. The molecule has 1 N–H and O–H groups in total. The van der Waals surface area contributed by atoms with Gasteiger partial charge in [0.2, 0.25) is 0 Å². The molecule has 0 aromatic heterocycles. The van der Waals surface area contributed by atoms with Crippen molar-refractivity contribution in [2.75, 3.05) is 37.4 Å². The fourth-order valence-electron chi connectivity index (χ4n) is 3.18. The van der Waals surface area contributed by atoms with Gasteiger partial charge in [0.05, 0.1) is 11.4 Å². The molecule has 0 aliphatic rings. The van der Waals surface area contributed by atoms with Crippen LogP contribution in [0, 0.1) is 5.82 Å². The van der Waals surface area contributed by atoms with Gasteiger partial charge in [0.15, 0.2) is 0 Å². The minimum Gasteiger partial charge on any atom is -0.340 e. The Hall–Kier alpha value is -3.18. The molecule has 3 aromatic rings. The number of hydrogen-bond acceptors (Lipinski definition) is 3. The molecular formula is C24H26FN3O. The van der Waals surface area contributed by atoms with E-state index in [1.807, 2.05) is 42.5 Å². The van der Waals surface area contributed by atoms with Crippen LogP contribution in [-0.4, -0.2) is 38.0 Å². The van der Waals surface area contributed by atoms with E-state index in [4.69, 9.17) is 0 Å². The number of carbonyl (C=O) groups is 1. The number of anilines is 3. The Bertz CT molecular complexity index is 944. The normalized spacial score (nSPS) is 10.8. The summed E-state index contributed by atoms with van der Waals surface area (Å²) in [7, 11) is 4.11. The van der Waals surface area contributed by atoms with Gasteiger partial charge in [0, 0.05) is 17.8 Å². The van der Waals surface area contributed by atoms with Crippen molar-refractivity contribution in [3.05, 3.63) is 90.2 Å². The zero-order chi connectivity index (χ0) is 20.6. The summed E-state index contributed by atoms with van der Waals surface area (Å²) in [5.74, 6) is -0.765. The van der Waals surface area contributed by atoms with Gasteiger partial charge < -0.3 is 15.1 Å². The van der Waals surface area contributed by atoms with E-state index in [-0.39, 0.29) is 5.91 Å². The largest absolute Gasteiger partial charge is 0.340 e. The Balaban J connectivity index is 1.89. The van der Waals surface area contributed by atoms with E-state index in [1.165, 1.54) is 18.2 Å². The van der Waals surface area contributed by atoms with Gasteiger partial charge >= 0.3 is 0 Å². The van der Waals surface area contributed by atoms with Crippen molar-refractivity contribution >= 4 is 23.0 Å². The van der Waals surface area contributed by atoms with E-state index >= 15 is 0 Å². The molecule has 3 aromatic carbocycles. The molecule has 29 heavy (non-hydrogen) atoms. The van der Waals surface area contributed by atoms with Crippen LogP contribution >= 0.6 is 0 Å². The molecule has 0 bridgehead atoms. The number of nitrogens with zero attached hydrogens (tertiary/aromatic N) is 2. The fraction of sp³-hybridized carbons (Fsp3) is 0.208. The van der Waals surface area contributed by atoms with Crippen molar-refractivity contribution in [3.8, 4) is 0 Å². The molecule has 0 unspecified atom stereocenters. The molecule has 150 valence electrons. The van der Waals surface area contributed by atoms with Crippen LogP contribution in [0.5, 0.6) is 0 Å². The van der Waals surface area contributed by atoms with E-state index < -0.39 is 5.82 Å². The zero-order valence-electron chi connectivity index (χ0n) is 16.8. The molecule has 0 radical (unpaired) electrons. The summed E-state index contributed by atoms with van der Waals surface area (Å²) in [5.41, 5.74) is 2.94. The SMILES string of the molecule is CN(C)CCCN(c1ccccc1)c1ccccc1NC(=O)c1cccc(F)c1. The first-order chi connectivity index (χ1) is 14.0. The molecule has 0 spiro atoms. The first-order valence-electron chi connectivity index (χ1n) is 9.68. The maximum atomic E-state index is 13.5. The number of halogens is 1. The first kappa shape index (κ1) is 20.6. The highest BCUT2D eigenvalue weighted by Gasteiger charge is 2.16. The second-order valence-corrected chi connectivity index (χ2v) is 7.13. The highest BCUT2D eigenvalue weighted by atomic mass is 19.1. The molecular weight excluding hydrogens is 365 g/mol. The molecule has 0 atom stereocenters. The third-order valence-electron chi connectivity index (χ3n) is 4.58. The molecule has 0 heterocycles. The molecule has 0 saturated heterocycles. The van der Waals surface area contributed by atoms with E-state index in [2.05, 4.69) is 41.3 Å². The van der Waals surface area contributed by atoms with Gasteiger partial charge in [-0.05, 0) is 69.5 Å². The standard InChI is InChI=1S/C24H26FN3O/c1-27(2)16-9-17-28(21-12-4-3-5-13-21)23-15-7-6-14-22(23)26-24(29)19-10-8-11-20(25)18-19/h3-8,10-15,18H,9,16-17H2,1-2H3,(H,26,29). The van der Waals surface area contributed by atoms with Gasteiger partial charge in [0.25, 0.3) is 5.91 Å². The second kappa shape index (κ2) is 9.85. The molecule has 0 fully saturated rings. The van der Waals surface area contributed by atoms with Crippen LogP contribution in [0.25, 0.3) is 0 Å². The van der Waals surface area contributed by atoms with Crippen LogP contribution < -0.4 is 10.2 Å². The van der Waals surface area contributed by atoms with Crippen LogP contribution in [0.3, 0.4) is 0 Å². The van der Waals surface area contributed by atoms with Gasteiger partial charge in [0.1, 0.15) is 5.82 Å². The van der Waals surface area contributed by atoms with Crippen molar-refractivity contribution in [2.45, 2.75) is 6.42 Å². The molecule has 0 saturated carbocycles. The van der Waals surface area contributed by atoms with Crippen LogP contribution in [-0.2, 0) is 0 Å². The second-order valence-electron chi connectivity index (χ2n) is 7.13. The lowest BCUT2D eigenvalue weighted by atomic mass is 10.1. The van der Waals surface area contributed by atoms with Crippen LogP contribution in [0.4, 0.5) is 21.5 Å². The minimum atomic E-state index is -0.430. The van der Waals surface area contributed by atoms with Gasteiger partial charge in [-0.15, -0.1) is 0 Å². The van der Waals surface area contributed by atoms with Gasteiger partial charge in [-0.2, -0.15) is 0 Å². The summed E-state index contributed by atoms with van der Waals surface area (Å²) in [6.45, 7) is 1.76. The summed E-state index contributed by atoms with van der Waals surface area (Å²) >= 11 is 0. The van der Waals surface area contributed by atoms with Crippen LogP contribution in [0.15, 0.2) is 78.9 Å². The van der Waals surface area contributed by atoms with Gasteiger partial charge in [-0.25, -0.2) is 4.39 Å². The molecule has 3 rings (SSSR count). The zero-order valence-corrected chi connectivity index (χ0v) is 16.8. The van der Waals surface area contributed by atoms with E-state index in [9.17, 15) is 9.18 Å². The minimum absolute atomic E-state index is 0.290. The number of rotatable bonds is 8. The van der Waals surface area contributed by atoms with Crippen LogP contribution in [0.1, 0.15) is 16.8 Å². The number of nitrogens with one attached hydrogen (secondary N) is 1. The number of amides is 1. The summed E-state index contributed by atoms with van der Waals surface area (Å²) in [4.78, 5) is 17.0. The maximum Gasteiger partial charge on any atom is 0.255 e. The third-order valence-corrected chi connectivity index (χ3v) is 4.58. The average molecular weight is 391 g/mol. The molecule has 4 nitrogen and oxygen atoms in total. The highest BCUT2D eigenvalue weighted by Crippen LogP contribution is 2.32. The lowest BCUT2D eigenvalue weighted by Gasteiger charge is -2.28. The third kappa shape index (κ3) is 5.65. The topological polar surface area (TPSA) is 35.6 Å². The maximum absolute atomic E-state index is 13.5. The number of hydrogen-bond donors (Lipinski definition) is 1. The monoisotopic (exact) mass is 391 g/mol. The highest BCUT2D eigenvalue weighted by molar-refractivity contribution is 6.06. The fourth-order valence-corrected chi connectivity index (χ4v) is 3.18. The predicted octanol–water partition coefficient (Wildman–Crippen LogP) is 5.17. The lowest BCUT2D eigenvalue weighted by molar-refractivity contribution is 0.102. The predicted molar refractivity (Wildman–Crippen MR) is 117 cm³/mol. The van der Waals surface area contributed by atoms with E-state index in [0.717, 1.165) is 30.9 Å². The van der Waals surface area contributed by atoms with Crippen molar-refractivity contribution in [1.29, 1.82) is 0 Å². The van der Waals surface area contributed by atoms with Crippen LogP contribution in [0.2, 0.25) is 0 Å². The summed E-state index contributed by atoms with van der Waals surface area (Å²) in [6, 6.07) is 23.5.